The largest absolute Gasteiger partial charge is 0.326 e. The maximum Gasteiger partial charge on any atom is 0.150 e. The van der Waals surface area contributed by atoms with Crippen LogP contribution < -0.4 is 0 Å². The van der Waals surface area contributed by atoms with Gasteiger partial charge in [0.1, 0.15) is 5.82 Å². The van der Waals surface area contributed by atoms with Crippen LogP contribution in [0.1, 0.15) is 19.0 Å². The van der Waals surface area contributed by atoms with Crippen LogP contribution in [0.5, 0.6) is 0 Å². The molecule has 0 saturated heterocycles. The van der Waals surface area contributed by atoms with Gasteiger partial charge in [-0.05, 0) is 30.9 Å². The highest BCUT2D eigenvalue weighted by Gasteiger charge is 2.22. The minimum absolute atomic E-state index is 0.649. The molecule has 3 heterocycles. The Kier molecular flexibility index (Phi) is 2.63. The van der Waals surface area contributed by atoms with Gasteiger partial charge in [0.2, 0.25) is 0 Å². The molecule has 1 atom stereocenters. The van der Waals surface area contributed by atoms with Gasteiger partial charge in [-0.1, -0.05) is 18.5 Å². The van der Waals surface area contributed by atoms with E-state index in [1.165, 1.54) is 12.1 Å². The second-order valence-electron chi connectivity index (χ2n) is 4.67. The van der Waals surface area contributed by atoms with E-state index < -0.39 is 0 Å². The minimum atomic E-state index is 0.649. The molecular formula is C13H14ClN3. The zero-order valence-electron chi connectivity index (χ0n) is 9.73. The molecule has 0 aliphatic carbocycles. The molecule has 0 N–H and O–H groups in total. The van der Waals surface area contributed by atoms with Gasteiger partial charge in [-0.2, -0.15) is 0 Å². The zero-order valence-corrected chi connectivity index (χ0v) is 10.5. The molecular weight excluding hydrogens is 234 g/mol. The van der Waals surface area contributed by atoms with E-state index in [4.69, 9.17) is 11.6 Å². The molecule has 1 aliphatic rings. The molecule has 0 aromatic carbocycles. The number of rotatable bonds is 1. The summed E-state index contributed by atoms with van der Waals surface area (Å²) in [7, 11) is 0. The predicted octanol–water partition coefficient (Wildman–Crippen LogP) is 3.18. The fourth-order valence-corrected chi connectivity index (χ4v) is 2.67. The average molecular weight is 248 g/mol. The van der Waals surface area contributed by atoms with E-state index in [1.54, 1.807) is 6.20 Å². The summed E-state index contributed by atoms with van der Waals surface area (Å²) in [5, 5.41) is 0.649. The molecule has 0 spiro atoms. The molecule has 1 aliphatic heterocycles. The zero-order chi connectivity index (χ0) is 11.8. The van der Waals surface area contributed by atoms with Crippen molar-refractivity contribution in [3.63, 3.8) is 0 Å². The Morgan fingerprint density at radius 3 is 3.12 bits per heavy atom. The molecule has 2 aromatic heterocycles. The van der Waals surface area contributed by atoms with Crippen LogP contribution in [0.2, 0.25) is 5.15 Å². The normalized spacial score (nSPS) is 19.1. The molecule has 4 heteroatoms. The minimum Gasteiger partial charge on any atom is -0.326 e. The summed E-state index contributed by atoms with van der Waals surface area (Å²) in [6.07, 6.45) is 5.82. The topological polar surface area (TPSA) is 30.7 Å². The molecule has 3 rings (SSSR count). The van der Waals surface area contributed by atoms with E-state index in [1.807, 2.05) is 18.3 Å². The Balaban J connectivity index is 2.13. The van der Waals surface area contributed by atoms with Gasteiger partial charge < -0.3 is 4.57 Å². The van der Waals surface area contributed by atoms with Crippen LogP contribution in [0.4, 0.5) is 0 Å². The van der Waals surface area contributed by atoms with Crippen LogP contribution >= 0.6 is 11.6 Å². The maximum absolute atomic E-state index is 6.21. The smallest absolute Gasteiger partial charge is 0.150 e. The molecule has 0 saturated carbocycles. The summed E-state index contributed by atoms with van der Waals surface area (Å²) in [6, 6.07) is 3.95. The van der Waals surface area contributed by atoms with Crippen molar-refractivity contribution >= 4 is 11.6 Å². The monoisotopic (exact) mass is 247 g/mol. The van der Waals surface area contributed by atoms with E-state index in [9.17, 15) is 0 Å². The first-order valence-electron chi connectivity index (χ1n) is 5.91. The van der Waals surface area contributed by atoms with Gasteiger partial charge >= 0.3 is 0 Å². The Morgan fingerprint density at radius 1 is 1.47 bits per heavy atom. The number of fused-ring (bicyclic) bond motifs is 1. The second-order valence-corrected chi connectivity index (χ2v) is 5.03. The first kappa shape index (κ1) is 10.8. The van der Waals surface area contributed by atoms with Crippen molar-refractivity contribution < 1.29 is 0 Å². The van der Waals surface area contributed by atoms with Crippen LogP contribution in [-0.2, 0) is 13.0 Å². The molecule has 0 bridgehead atoms. The number of hydrogen-bond donors (Lipinski definition) is 0. The Hall–Kier alpha value is -1.35. The van der Waals surface area contributed by atoms with Crippen molar-refractivity contribution in [3.05, 3.63) is 35.4 Å². The van der Waals surface area contributed by atoms with Crippen LogP contribution in [-0.4, -0.2) is 14.5 Å². The van der Waals surface area contributed by atoms with Crippen molar-refractivity contribution in [1.82, 2.24) is 14.5 Å². The lowest BCUT2D eigenvalue weighted by Gasteiger charge is -2.22. The molecule has 0 radical (unpaired) electrons. The van der Waals surface area contributed by atoms with E-state index in [2.05, 4.69) is 21.5 Å². The first-order chi connectivity index (χ1) is 8.25. The molecule has 2 aromatic rings. The summed E-state index contributed by atoms with van der Waals surface area (Å²) in [5.74, 6) is 1.63. The number of hydrogen-bond acceptors (Lipinski definition) is 2. The summed E-state index contributed by atoms with van der Waals surface area (Å²) < 4.78 is 2.24. The number of imidazole rings is 1. The van der Waals surface area contributed by atoms with Crippen molar-refractivity contribution in [1.29, 1.82) is 0 Å². The average Bonchev–Trinajstić information content (AvgIpc) is 2.67. The lowest BCUT2D eigenvalue weighted by Crippen LogP contribution is -2.18. The fourth-order valence-electron chi connectivity index (χ4n) is 2.39. The summed E-state index contributed by atoms with van der Waals surface area (Å²) in [6.45, 7) is 3.27. The third kappa shape index (κ3) is 1.84. The third-order valence-electron chi connectivity index (χ3n) is 3.31. The lowest BCUT2D eigenvalue weighted by atomic mass is 10.00. The molecule has 17 heavy (non-hydrogen) atoms. The second kappa shape index (κ2) is 4.15. The molecule has 3 nitrogen and oxygen atoms in total. The molecule has 1 unspecified atom stereocenters. The predicted molar refractivity (Wildman–Crippen MR) is 68.0 cm³/mol. The molecule has 0 fully saturated rings. The van der Waals surface area contributed by atoms with Crippen molar-refractivity contribution in [3.8, 4) is 11.4 Å². The lowest BCUT2D eigenvalue weighted by molar-refractivity contribution is 0.402. The fraction of sp³-hybridized carbons (Fsp3) is 0.385. The SMILES string of the molecule is CC1CCc2c(Cl)nc(-c3cccnc3)n2C1. The van der Waals surface area contributed by atoms with Crippen LogP contribution in [0.25, 0.3) is 11.4 Å². The van der Waals surface area contributed by atoms with Gasteiger partial charge in [-0.3, -0.25) is 4.98 Å². The number of pyridine rings is 1. The van der Waals surface area contributed by atoms with E-state index in [0.29, 0.717) is 11.1 Å². The highest BCUT2D eigenvalue weighted by atomic mass is 35.5. The van der Waals surface area contributed by atoms with Gasteiger partial charge in [0, 0.05) is 24.5 Å². The van der Waals surface area contributed by atoms with Crippen molar-refractivity contribution in [2.75, 3.05) is 0 Å². The van der Waals surface area contributed by atoms with Crippen LogP contribution in [0.15, 0.2) is 24.5 Å². The summed E-state index contributed by atoms with van der Waals surface area (Å²) in [4.78, 5) is 8.63. The summed E-state index contributed by atoms with van der Waals surface area (Å²) >= 11 is 6.21. The Bertz CT molecular complexity index is 533. The van der Waals surface area contributed by atoms with Gasteiger partial charge in [-0.25, -0.2) is 4.98 Å². The quantitative estimate of drug-likeness (QED) is 0.775. The van der Waals surface area contributed by atoms with Crippen LogP contribution in [0, 0.1) is 5.92 Å². The van der Waals surface area contributed by atoms with Gasteiger partial charge in [-0.15, -0.1) is 0 Å². The Morgan fingerprint density at radius 2 is 2.35 bits per heavy atom. The van der Waals surface area contributed by atoms with Gasteiger partial charge in [0.25, 0.3) is 0 Å². The van der Waals surface area contributed by atoms with E-state index in [0.717, 1.165) is 24.4 Å². The maximum atomic E-state index is 6.21. The van der Waals surface area contributed by atoms with E-state index in [-0.39, 0.29) is 0 Å². The summed E-state index contributed by atoms with van der Waals surface area (Å²) in [5.41, 5.74) is 2.21. The number of nitrogens with zero attached hydrogens (tertiary/aromatic N) is 3. The highest BCUT2D eigenvalue weighted by molar-refractivity contribution is 6.30. The molecule has 88 valence electrons. The van der Waals surface area contributed by atoms with E-state index >= 15 is 0 Å². The van der Waals surface area contributed by atoms with Gasteiger partial charge in [0.15, 0.2) is 5.15 Å². The third-order valence-corrected chi connectivity index (χ3v) is 3.61. The molecule has 0 amide bonds. The number of aromatic nitrogens is 3. The van der Waals surface area contributed by atoms with Crippen molar-refractivity contribution in [2.24, 2.45) is 5.92 Å². The standard InChI is InChI=1S/C13H14ClN3/c1-9-4-5-11-12(14)16-13(17(11)8-9)10-3-2-6-15-7-10/h2-3,6-7,9H,4-5,8H2,1H3. The van der Waals surface area contributed by atoms with Gasteiger partial charge in [0.05, 0.1) is 5.69 Å². The van der Waals surface area contributed by atoms with Crippen molar-refractivity contribution in [2.45, 2.75) is 26.3 Å². The highest BCUT2D eigenvalue weighted by Crippen LogP contribution is 2.31. The Labute approximate surface area is 105 Å². The van der Waals surface area contributed by atoms with Crippen LogP contribution in [0.3, 0.4) is 0 Å². The number of halogens is 1. The first-order valence-corrected chi connectivity index (χ1v) is 6.29.